The highest BCUT2D eigenvalue weighted by atomic mass is 32.2. The Balaban J connectivity index is 3.28. The van der Waals surface area contributed by atoms with Gasteiger partial charge in [-0.3, -0.25) is 4.79 Å². The zero-order chi connectivity index (χ0) is 18.7. The molecule has 2 N–H and O–H groups in total. The third-order valence-electron chi connectivity index (χ3n) is 3.66. The van der Waals surface area contributed by atoms with E-state index >= 15 is 0 Å². The molecule has 1 aromatic carbocycles. The molecule has 1 aromatic rings. The fourth-order valence-corrected chi connectivity index (χ4v) is 4.26. The number of carboxylic acid groups (broad SMARTS) is 1. The van der Waals surface area contributed by atoms with Gasteiger partial charge in [-0.15, -0.1) is 0 Å². The molecule has 0 heterocycles. The van der Waals surface area contributed by atoms with Gasteiger partial charge in [-0.05, 0) is 24.1 Å². The molecule has 0 bridgehead atoms. The van der Waals surface area contributed by atoms with Gasteiger partial charge < -0.3 is 5.11 Å². The first-order valence-electron chi connectivity index (χ1n) is 7.21. The van der Waals surface area contributed by atoms with E-state index in [1.165, 1.54) is 32.3 Å². The van der Waals surface area contributed by atoms with Crippen molar-refractivity contribution in [2.24, 2.45) is 5.92 Å². The summed E-state index contributed by atoms with van der Waals surface area (Å²) in [6, 6.07) is 3.50. The maximum Gasteiger partial charge on any atom is 0.322 e. The molecule has 0 saturated heterocycles. The third kappa shape index (κ3) is 4.53. The standard InChI is InChI=1S/C14H22N2O6S2/c1-5-10(2)13(14(17)18)15-23(19,20)11-7-6-8-12(9-11)24(21,22)16(3)4/h6-10,13,15H,5H2,1-4H3,(H,17,18)/t10-,13-/m0/s1. The lowest BCUT2D eigenvalue weighted by Gasteiger charge is -2.20. The largest absolute Gasteiger partial charge is 0.480 e. The fraction of sp³-hybridized carbons (Fsp3) is 0.500. The van der Waals surface area contributed by atoms with Crippen molar-refractivity contribution in [1.29, 1.82) is 0 Å². The Morgan fingerprint density at radius 3 is 2.21 bits per heavy atom. The molecule has 8 nitrogen and oxygen atoms in total. The Bertz CT molecular complexity index is 802. The quantitative estimate of drug-likeness (QED) is 0.687. The van der Waals surface area contributed by atoms with Crippen LogP contribution in [0.3, 0.4) is 0 Å². The molecular formula is C14H22N2O6S2. The SMILES string of the molecule is CC[C@H](C)[C@H](NS(=O)(=O)c1cccc(S(=O)(=O)N(C)C)c1)C(=O)O. The minimum atomic E-state index is -4.18. The van der Waals surface area contributed by atoms with Crippen LogP contribution in [0.5, 0.6) is 0 Å². The monoisotopic (exact) mass is 378 g/mol. The minimum Gasteiger partial charge on any atom is -0.480 e. The summed E-state index contributed by atoms with van der Waals surface area (Å²) in [6.45, 7) is 3.37. The lowest BCUT2D eigenvalue weighted by molar-refractivity contribution is -0.140. The lowest BCUT2D eigenvalue weighted by atomic mass is 10.0. The van der Waals surface area contributed by atoms with Crippen molar-refractivity contribution >= 4 is 26.0 Å². The first-order valence-corrected chi connectivity index (χ1v) is 10.1. The molecule has 136 valence electrons. The Morgan fingerprint density at radius 1 is 1.21 bits per heavy atom. The summed E-state index contributed by atoms with van der Waals surface area (Å²) < 4.78 is 52.2. The molecule has 0 aliphatic heterocycles. The number of hydrogen-bond acceptors (Lipinski definition) is 5. The van der Waals surface area contributed by atoms with Crippen molar-refractivity contribution in [3.8, 4) is 0 Å². The summed E-state index contributed by atoms with van der Waals surface area (Å²) in [4.78, 5) is 10.8. The number of carboxylic acids is 1. The molecule has 0 aliphatic carbocycles. The fourth-order valence-electron chi connectivity index (χ4n) is 1.89. The van der Waals surface area contributed by atoms with Crippen LogP contribution in [0.25, 0.3) is 0 Å². The summed E-state index contributed by atoms with van der Waals surface area (Å²) >= 11 is 0. The van der Waals surface area contributed by atoms with E-state index in [2.05, 4.69) is 4.72 Å². The molecule has 0 unspecified atom stereocenters. The van der Waals surface area contributed by atoms with Crippen LogP contribution in [0.15, 0.2) is 34.1 Å². The summed E-state index contributed by atoms with van der Waals surface area (Å²) in [7, 11) is -5.32. The number of aliphatic carboxylic acids is 1. The van der Waals surface area contributed by atoms with Crippen LogP contribution < -0.4 is 4.72 Å². The lowest BCUT2D eigenvalue weighted by Crippen LogP contribution is -2.44. The van der Waals surface area contributed by atoms with Crippen LogP contribution in [0.2, 0.25) is 0 Å². The van der Waals surface area contributed by atoms with Gasteiger partial charge in [-0.25, -0.2) is 21.1 Å². The average molecular weight is 378 g/mol. The average Bonchev–Trinajstić information content (AvgIpc) is 2.51. The Hall–Kier alpha value is -1.49. The number of nitrogens with zero attached hydrogens (tertiary/aromatic N) is 1. The summed E-state index contributed by atoms with van der Waals surface area (Å²) in [6.07, 6.45) is 0.467. The van der Waals surface area contributed by atoms with Crippen molar-refractivity contribution in [1.82, 2.24) is 9.03 Å². The van der Waals surface area contributed by atoms with E-state index in [1.807, 2.05) is 0 Å². The van der Waals surface area contributed by atoms with E-state index < -0.39 is 38.0 Å². The van der Waals surface area contributed by atoms with Crippen molar-refractivity contribution in [2.45, 2.75) is 36.1 Å². The maximum atomic E-state index is 12.4. The van der Waals surface area contributed by atoms with Gasteiger partial charge in [0.15, 0.2) is 0 Å². The molecule has 0 fully saturated rings. The molecule has 0 aromatic heterocycles. The molecule has 0 saturated carbocycles. The number of sulfonamides is 2. The molecule has 24 heavy (non-hydrogen) atoms. The molecule has 0 aliphatic rings. The van der Waals surface area contributed by atoms with Gasteiger partial charge in [-0.1, -0.05) is 26.3 Å². The van der Waals surface area contributed by atoms with E-state index in [9.17, 15) is 26.7 Å². The minimum absolute atomic E-state index is 0.189. The van der Waals surface area contributed by atoms with Crippen LogP contribution in [-0.2, 0) is 24.8 Å². The van der Waals surface area contributed by atoms with Gasteiger partial charge in [0, 0.05) is 14.1 Å². The highest BCUT2D eigenvalue weighted by Gasteiger charge is 2.30. The van der Waals surface area contributed by atoms with Crippen LogP contribution in [-0.4, -0.2) is 52.4 Å². The molecule has 10 heteroatoms. The van der Waals surface area contributed by atoms with Gasteiger partial charge in [0.2, 0.25) is 20.0 Å². The highest BCUT2D eigenvalue weighted by Crippen LogP contribution is 2.19. The normalized spacial score (nSPS) is 15.2. The summed E-state index contributed by atoms with van der Waals surface area (Å²) in [5.74, 6) is -1.71. The van der Waals surface area contributed by atoms with Crippen LogP contribution in [0, 0.1) is 5.92 Å². The Kier molecular flexibility index (Phi) is 6.51. The highest BCUT2D eigenvalue weighted by molar-refractivity contribution is 7.90. The van der Waals surface area contributed by atoms with Gasteiger partial charge in [-0.2, -0.15) is 4.72 Å². The van der Waals surface area contributed by atoms with E-state index in [0.717, 1.165) is 10.4 Å². The van der Waals surface area contributed by atoms with Crippen LogP contribution >= 0.6 is 0 Å². The van der Waals surface area contributed by atoms with Crippen molar-refractivity contribution in [3.05, 3.63) is 24.3 Å². The summed E-state index contributed by atoms with van der Waals surface area (Å²) in [5.41, 5.74) is 0. The molecule has 2 atom stereocenters. The maximum absolute atomic E-state index is 12.4. The van der Waals surface area contributed by atoms with E-state index in [0.29, 0.717) is 6.42 Å². The number of hydrogen-bond donors (Lipinski definition) is 2. The number of benzene rings is 1. The number of carbonyl (C=O) groups is 1. The topological polar surface area (TPSA) is 121 Å². The number of nitrogens with one attached hydrogen (secondary N) is 1. The predicted molar refractivity (Wildman–Crippen MR) is 88.5 cm³/mol. The molecule has 0 amide bonds. The second-order valence-corrected chi connectivity index (χ2v) is 9.45. The van der Waals surface area contributed by atoms with Crippen molar-refractivity contribution in [3.63, 3.8) is 0 Å². The smallest absolute Gasteiger partial charge is 0.322 e. The van der Waals surface area contributed by atoms with Crippen molar-refractivity contribution < 1.29 is 26.7 Å². The zero-order valence-corrected chi connectivity index (χ0v) is 15.6. The van der Waals surface area contributed by atoms with Crippen molar-refractivity contribution in [2.75, 3.05) is 14.1 Å². The van der Waals surface area contributed by atoms with Gasteiger partial charge in [0.05, 0.1) is 9.79 Å². The van der Waals surface area contributed by atoms with Crippen LogP contribution in [0.1, 0.15) is 20.3 Å². The molecular weight excluding hydrogens is 356 g/mol. The predicted octanol–water partition coefficient (Wildman–Crippen LogP) is 0.715. The summed E-state index contributed by atoms with van der Waals surface area (Å²) in [5, 5.41) is 9.21. The molecule has 0 radical (unpaired) electrons. The van der Waals surface area contributed by atoms with Gasteiger partial charge >= 0.3 is 5.97 Å². The van der Waals surface area contributed by atoms with E-state index in [4.69, 9.17) is 0 Å². The third-order valence-corrected chi connectivity index (χ3v) is 6.91. The molecule has 1 rings (SSSR count). The van der Waals surface area contributed by atoms with E-state index in [-0.39, 0.29) is 9.79 Å². The first-order chi connectivity index (χ1) is 10.9. The second kappa shape index (κ2) is 7.60. The van der Waals surface area contributed by atoms with Crippen LogP contribution in [0.4, 0.5) is 0 Å². The second-order valence-electron chi connectivity index (χ2n) is 5.59. The first kappa shape index (κ1) is 20.6. The Morgan fingerprint density at radius 2 is 1.75 bits per heavy atom. The molecule has 0 spiro atoms. The van der Waals surface area contributed by atoms with Gasteiger partial charge in [0.25, 0.3) is 0 Å². The number of rotatable bonds is 8. The van der Waals surface area contributed by atoms with E-state index in [1.54, 1.807) is 13.8 Å². The Labute approximate surface area is 142 Å². The van der Waals surface area contributed by atoms with Gasteiger partial charge in [0.1, 0.15) is 6.04 Å². The zero-order valence-electron chi connectivity index (χ0n) is 13.9.